The van der Waals surface area contributed by atoms with Crippen molar-refractivity contribution in [3.63, 3.8) is 0 Å². The molecule has 2 atom stereocenters. The van der Waals surface area contributed by atoms with Crippen molar-refractivity contribution in [2.75, 3.05) is 0 Å². The van der Waals surface area contributed by atoms with Gasteiger partial charge in [0.05, 0.1) is 12.2 Å². The normalized spacial score (nSPS) is 19.5. The Morgan fingerprint density at radius 1 is 1.38 bits per heavy atom. The topological polar surface area (TPSA) is 59.5 Å². The highest BCUT2D eigenvalue weighted by Crippen LogP contribution is 2.47. The number of pyridine rings is 1. The number of carbonyl (C=O) groups is 1. The maximum Gasteiger partial charge on any atom is 0.220 e. The van der Waals surface area contributed by atoms with Crippen LogP contribution >= 0.6 is 0 Å². The van der Waals surface area contributed by atoms with Crippen molar-refractivity contribution in [2.45, 2.75) is 38.6 Å². The Labute approximate surface area is 140 Å². The fourth-order valence-corrected chi connectivity index (χ4v) is 3.03. The van der Waals surface area contributed by atoms with E-state index in [9.17, 15) is 4.79 Å². The minimum atomic E-state index is 0.0183. The number of nitrogens with zero attached hydrogens (tertiary/aromatic N) is 2. The molecule has 1 amide bonds. The van der Waals surface area contributed by atoms with E-state index in [4.69, 9.17) is 4.42 Å². The monoisotopic (exact) mass is 323 g/mol. The van der Waals surface area contributed by atoms with Crippen LogP contribution in [0, 0.1) is 5.92 Å². The molecule has 3 aromatic rings. The second-order valence-electron chi connectivity index (χ2n) is 6.60. The van der Waals surface area contributed by atoms with E-state index in [1.54, 1.807) is 0 Å². The number of imidazole rings is 1. The van der Waals surface area contributed by atoms with E-state index in [2.05, 4.69) is 23.3 Å². The Balaban J connectivity index is 1.26. The van der Waals surface area contributed by atoms with E-state index < -0.39 is 0 Å². The van der Waals surface area contributed by atoms with Crippen LogP contribution in [0.2, 0.25) is 0 Å². The van der Waals surface area contributed by atoms with Gasteiger partial charge >= 0.3 is 0 Å². The summed E-state index contributed by atoms with van der Waals surface area (Å²) in [6, 6.07) is 9.90. The third-order valence-electron chi connectivity index (χ3n) is 4.64. The minimum Gasteiger partial charge on any atom is -0.466 e. The Bertz CT molecular complexity index is 831. The molecule has 5 nitrogen and oxygen atoms in total. The molecule has 1 saturated carbocycles. The van der Waals surface area contributed by atoms with E-state index in [1.165, 1.54) is 6.42 Å². The van der Waals surface area contributed by atoms with Gasteiger partial charge in [-0.3, -0.25) is 4.79 Å². The highest BCUT2D eigenvalue weighted by molar-refractivity contribution is 5.76. The first kappa shape index (κ1) is 15.0. The van der Waals surface area contributed by atoms with Crippen molar-refractivity contribution in [1.29, 1.82) is 0 Å². The van der Waals surface area contributed by atoms with Crippen molar-refractivity contribution in [1.82, 2.24) is 14.7 Å². The molecule has 1 aliphatic rings. The van der Waals surface area contributed by atoms with Gasteiger partial charge in [-0.25, -0.2) is 4.98 Å². The van der Waals surface area contributed by atoms with Gasteiger partial charge in [0, 0.05) is 31.2 Å². The maximum absolute atomic E-state index is 12.0. The second-order valence-corrected chi connectivity index (χ2v) is 6.60. The van der Waals surface area contributed by atoms with Crippen LogP contribution in [0.25, 0.3) is 5.65 Å². The lowest BCUT2D eigenvalue weighted by Gasteiger charge is -2.02. The van der Waals surface area contributed by atoms with Gasteiger partial charge in [0.25, 0.3) is 0 Å². The fraction of sp³-hybridized carbons (Fsp3) is 0.368. The van der Waals surface area contributed by atoms with Crippen LogP contribution in [-0.2, 0) is 17.8 Å². The van der Waals surface area contributed by atoms with Crippen LogP contribution in [0.1, 0.15) is 42.9 Å². The van der Waals surface area contributed by atoms with Gasteiger partial charge in [-0.15, -0.1) is 0 Å². The van der Waals surface area contributed by atoms with E-state index >= 15 is 0 Å². The number of aromatic nitrogens is 2. The van der Waals surface area contributed by atoms with Gasteiger partial charge in [0.2, 0.25) is 5.91 Å². The predicted octanol–water partition coefficient (Wildman–Crippen LogP) is 3.30. The average Bonchev–Trinajstić information content (AvgIpc) is 3.02. The zero-order chi connectivity index (χ0) is 16.5. The molecule has 124 valence electrons. The molecular weight excluding hydrogens is 302 g/mol. The first-order chi connectivity index (χ1) is 11.7. The van der Waals surface area contributed by atoms with Gasteiger partial charge in [-0.2, -0.15) is 0 Å². The Hall–Kier alpha value is -2.56. The number of fused-ring (bicyclic) bond motifs is 1. The maximum atomic E-state index is 12.0. The molecule has 3 aromatic heterocycles. The van der Waals surface area contributed by atoms with Crippen molar-refractivity contribution < 1.29 is 9.21 Å². The quantitative estimate of drug-likeness (QED) is 0.757. The van der Waals surface area contributed by atoms with E-state index in [1.807, 2.05) is 41.1 Å². The van der Waals surface area contributed by atoms with Gasteiger partial charge in [-0.1, -0.05) is 13.0 Å². The third kappa shape index (κ3) is 3.20. The predicted molar refractivity (Wildman–Crippen MR) is 90.6 cm³/mol. The molecule has 24 heavy (non-hydrogen) atoms. The minimum absolute atomic E-state index is 0.0183. The number of nitrogens with one attached hydrogen (secondary N) is 1. The van der Waals surface area contributed by atoms with Crippen molar-refractivity contribution in [2.24, 2.45) is 5.92 Å². The SMILES string of the molecule is CC1CC1c1ccc(CCC(=O)NCc2cn3ccccc3n2)o1. The fourth-order valence-electron chi connectivity index (χ4n) is 3.03. The van der Waals surface area contributed by atoms with Crippen LogP contribution in [0.15, 0.2) is 47.1 Å². The molecule has 5 heteroatoms. The number of amides is 1. The van der Waals surface area contributed by atoms with Crippen molar-refractivity contribution in [3.8, 4) is 0 Å². The third-order valence-corrected chi connectivity index (χ3v) is 4.64. The smallest absolute Gasteiger partial charge is 0.220 e. The molecule has 0 spiro atoms. The van der Waals surface area contributed by atoms with Gasteiger partial charge in [0.1, 0.15) is 17.2 Å². The summed E-state index contributed by atoms with van der Waals surface area (Å²) in [7, 11) is 0. The largest absolute Gasteiger partial charge is 0.466 e. The zero-order valence-corrected chi connectivity index (χ0v) is 13.7. The summed E-state index contributed by atoms with van der Waals surface area (Å²) in [6.45, 7) is 2.68. The number of rotatable bonds is 6. The summed E-state index contributed by atoms with van der Waals surface area (Å²) >= 11 is 0. The number of aryl methyl sites for hydroxylation is 1. The number of hydrogen-bond acceptors (Lipinski definition) is 3. The number of hydrogen-bond donors (Lipinski definition) is 1. The Morgan fingerprint density at radius 2 is 2.25 bits per heavy atom. The molecule has 0 saturated heterocycles. The number of furan rings is 1. The molecule has 2 unspecified atom stereocenters. The van der Waals surface area contributed by atoms with Crippen LogP contribution in [0.3, 0.4) is 0 Å². The summed E-state index contributed by atoms with van der Waals surface area (Å²) in [5.74, 6) is 3.31. The highest BCUT2D eigenvalue weighted by Gasteiger charge is 2.36. The Kier molecular flexibility index (Phi) is 3.84. The van der Waals surface area contributed by atoms with Crippen molar-refractivity contribution in [3.05, 3.63) is 59.9 Å². The first-order valence-corrected chi connectivity index (χ1v) is 8.47. The van der Waals surface area contributed by atoms with Crippen LogP contribution in [0.4, 0.5) is 0 Å². The number of carbonyl (C=O) groups excluding carboxylic acids is 1. The zero-order valence-electron chi connectivity index (χ0n) is 13.7. The molecular formula is C19H21N3O2. The summed E-state index contributed by atoms with van der Waals surface area (Å²) in [5, 5.41) is 2.92. The van der Waals surface area contributed by atoms with E-state index in [0.717, 1.165) is 28.8 Å². The highest BCUT2D eigenvalue weighted by atomic mass is 16.3. The molecule has 3 heterocycles. The molecule has 0 radical (unpaired) electrons. The summed E-state index contributed by atoms with van der Waals surface area (Å²) in [4.78, 5) is 16.5. The summed E-state index contributed by atoms with van der Waals surface area (Å²) in [6.07, 6.45) is 6.17. The van der Waals surface area contributed by atoms with Crippen LogP contribution in [-0.4, -0.2) is 15.3 Å². The molecule has 0 bridgehead atoms. The molecule has 1 aliphatic carbocycles. The lowest BCUT2D eigenvalue weighted by Crippen LogP contribution is -2.23. The molecule has 0 aromatic carbocycles. The second kappa shape index (κ2) is 6.15. The molecule has 1 N–H and O–H groups in total. The average molecular weight is 323 g/mol. The van der Waals surface area contributed by atoms with Gasteiger partial charge in [0.15, 0.2) is 0 Å². The lowest BCUT2D eigenvalue weighted by molar-refractivity contribution is -0.121. The van der Waals surface area contributed by atoms with Gasteiger partial charge in [-0.05, 0) is 36.6 Å². The van der Waals surface area contributed by atoms with E-state index in [0.29, 0.717) is 25.3 Å². The van der Waals surface area contributed by atoms with Crippen LogP contribution < -0.4 is 5.32 Å². The first-order valence-electron chi connectivity index (χ1n) is 8.47. The summed E-state index contributed by atoms with van der Waals surface area (Å²) < 4.78 is 7.78. The molecule has 1 fully saturated rings. The lowest BCUT2D eigenvalue weighted by atomic mass is 10.2. The molecule has 0 aliphatic heterocycles. The molecule has 4 rings (SSSR count). The van der Waals surface area contributed by atoms with Crippen LogP contribution in [0.5, 0.6) is 0 Å². The van der Waals surface area contributed by atoms with E-state index in [-0.39, 0.29) is 5.91 Å². The standard InChI is InChI=1S/C19H21N3O2/c1-13-10-16(13)17-7-5-15(24-17)6-8-19(23)20-11-14-12-22-9-3-2-4-18(22)21-14/h2-5,7,9,12-13,16H,6,8,10-11H2,1H3,(H,20,23). The van der Waals surface area contributed by atoms with Crippen molar-refractivity contribution >= 4 is 11.6 Å². The summed E-state index contributed by atoms with van der Waals surface area (Å²) in [5.41, 5.74) is 1.75. The van der Waals surface area contributed by atoms with Gasteiger partial charge < -0.3 is 14.1 Å². The Morgan fingerprint density at radius 3 is 3.04 bits per heavy atom.